The van der Waals surface area contributed by atoms with Gasteiger partial charge < -0.3 is 11.1 Å². The van der Waals surface area contributed by atoms with Crippen LogP contribution in [0.15, 0.2) is 0 Å². The number of hydrogen-bond acceptors (Lipinski definition) is 3. The van der Waals surface area contributed by atoms with Crippen LogP contribution in [0.1, 0.15) is 6.92 Å². The molecule has 11 heavy (non-hydrogen) atoms. The molecule has 4 unspecified atom stereocenters. The van der Waals surface area contributed by atoms with Crippen LogP contribution in [0.3, 0.4) is 0 Å². The molecule has 2 fully saturated rings. The summed E-state index contributed by atoms with van der Waals surface area (Å²) in [7, 11) is 0. The summed E-state index contributed by atoms with van der Waals surface area (Å²) >= 11 is 1.90. The molecule has 62 valence electrons. The lowest BCUT2D eigenvalue weighted by atomic mass is 9.95. The number of thioether (sulfide) groups is 1. The van der Waals surface area contributed by atoms with E-state index in [1.165, 1.54) is 0 Å². The molecule has 0 radical (unpaired) electrons. The standard InChI is InChI=1S/C7H12N2OS/c1-3-5-4(2-11-3)9-7(10)6(5)8/h3-6H,2,8H2,1H3,(H,9,10). The first kappa shape index (κ1) is 7.43. The molecule has 0 aromatic heterocycles. The molecule has 2 heterocycles. The SMILES string of the molecule is CC1SCC2NC(=O)C(N)C21. The second-order valence-electron chi connectivity index (χ2n) is 3.26. The summed E-state index contributed by atoms with van der Waals surface area (Å²) in [5.74, 6) is 1.44. The zero-order chi connectivity index (χ0) is 8.01. The Kier molecular flexibility index (Phi) is 1.61. The van der Waals surface area contributed by atoms with Crippen molar-refractivity contribution in [2.45, 2.75) is 24.3 Å². The molecular formula is C7H12N2OS. The van der Waals surface area contributed by atoms with Crippen LogP contribution in [0.2, 0.25) is 0 Å². The molecule has 0 aromatic rings. The van der Waals surface area contributed by atoms with E-state index in [1.807, 2.05) is 11.8 Å². The predicted octanol–water partition coefficient (Wildman–Crippen LogP) is -0.436. The van der Waals surface area contributed by atoms with Gasteiger partial charge in [-0.05, 0) is 0 Å². The van der Waals surface area contributed by atoms with E-state index in [-0.39, 0.29) is 11.9 Å². The summed E-state index contributed by atoms with van der Waals surface area (Å²) in [6, 6.07) is 0.0856. The number of nitrogens with one attached hydrogen (secondary N) is 1. The van der Waals surface area contributed by atoms with Crippen molar-refractivity contribution in [2.24, 2.45) is 11.7 Å². The lowest BCUT2D eigenvalue weighted by molar-refractivity contribution is -0.120. The fourth-order valence-electron chi connectivity index (χ4n) is 1.94. The van der Waals surface area contributed by atoms with Crippen LogP contribution >= 0.6 is 11.8 Å². The molecule has 3 nitrogen and oxygen atoms in total. The van der Waals surface area contributed by atoms with E-state index in [0.717, 1.165) is 5.75 Å². The van der Waals surface area contributed by atoms with Crippen LogP contribution in [0.5, 0.6) is 0 Å². The van der Waals surface area contributed by atoms with Crippen LogP contribution in [0.25, 0.3) is 0 Å². The first-order valence-corrected chi connectivity index (χ1v) is 4.92. The van der Waals surface area contributed by atoms with Crippen molar-refractivity contribution in [1.29, 1.82) is 0 Å². The van der Waals surface area contributed by atoms with Crippen molar-refractivity contribution in [3.8, 4) is 0 Å². The number of fused-ring (bicyclic) bond motifs is 1. The van der Waals surface area contributed by atoms with Gasteiger partial charge in [-0.25, -0.2) is 0 Å². The third-order valence-corrected chi connectivity index (χ3v) is 3.98. The lowest BCUT2D eigenvalue weighted by Gasteiger charge is -2.14. The van der Waals surface area contributed by atoms with E-state index in [9.17, 15) is 4.79 Å². The first-order chi connectivity index (χ1) is 5.20. The van der Waals surface area contributed by atoms with Crippen molar-refractivity contribution in [1.82, 2.24) is 5.32 Å². The minimum absolute atomic E-state index is 0.0344. The monoisotopic (exact) mass is 172 g/mol. The van der Waals surface area contributed by atoms with Crippen molar-refractivity contribution in [3.63, 3.8) is 0 Å². The maximum atomic E-state index is 11.1. The summed E-state index contributed by atoms with van der Waals surface area (Å²) in [4.78, 5) is 11.1. The molecule has 2 saturated heterocycles. The minimum Gasteiger partial charge on any atom is -0.351 e. The van der Waals surface area contributed by atoms with Crippen molar-refractivity contribution < 1.29 is 4.79 Å². The smallest absolute Gasteiger partial charge is 0.237 e. The van der Waals surface area contributed by atoms with Crippen LogP contribution in [-0.4, -0.2) is 29.0 Å². The maximum Gasteiger partial charge on any atom is 0.237 e. The van der Waals surface area contributed by atoms with Gasteiger partial charge in [-0.15, -0.1) is 0 Å². The van der Waals surface area contributed by atoms with Crippen molar-refractivity contribution in [3.05, 3.63) is 0 Å². The van der Waals surface area contributed by atoms with Gasteiger partial charge in [0.2, 0.25) is 5.91 Å². The van der Waals surface area contributed by atoms with Gasteiger partial charge in [-0.2, -0.15) is 11.8 Å². The van der Waals surface area contributed by atoms with Gasteiger partial charge in [0.15, 0.2) is 0 Å². The molecule has 0 aliphatic carbocycles. The molecule has 3 N–H and O–H groups in total. The van der Waals surface area contributed by atoms with Gasteiger partial charge in [0.1, 0.15) is 0 Å². The Morgan fingerprint density at radius 1 is 1.73 bits per heavy atom. The average Bonchev–Trinajstić information content (AvgIpc) is 2.41. The minimum atomic E-state index is -0.259. The number of carbonyl (C=O) groups excluding carboxylic acids is 1. The molecule has 0 saturated carbocycles. The molecule has 0 aromatic carbocycles. The molecular weight excluding hydrogens is 160 g/mol. The topological polar surface area (TPSA) is 55.1 Å². The van der Waals surface area contributed by atoms with Crippen LogP contribution in [0.4, 0.5) is 0 Å². The Bertz CT molecular complexity index is 197. The fourth-order valence-corrected chi connectivity index (χ4v) is 3.34. The zero-order valence-corrected chi connectivity index (χ0v) is 7.23. The molecule has 4 heteroatoms. The third-order valence-electron chi connectivity index (χ3n) is 2.59. The van der Waals surface area contributed by atoms with Crippen LogP contribution < -0.4 is 11.1 Å². The van der Waals surface area contributed by atoms with Gasteiger partial charge >= 0.3 is 0 Å². The number of carbonyl (C=O) groups is 1. The van der Waals surface area contributed by atoms with Gasteiger partial charge in [-0.1, -0.05) is 6.92 Å². The van der Waals surface area contributed by atoms with Gasteiger partial charge in [-0.3, -0.25) is 4.79 Å². The molecule has 0 bridgehead atoms. The third kappa shape index (κ3) is 0.964. The van der Waals surface area contributed by atoms with E-state index < -0.39 is 0 Å². The lowest BCUT2D eigenvalue weighted by Crippen LogP contribution is -2.36. The highest BCUT2D eigenvalue weighted by molar-refractivity contribution is 8.00. The molecule has 1 amide bonds. The summed E-state index contributed by atoms with van der Waals surface area (Å²) in [6.07, 6.45) is 0. The predicted molar refractivity (Wildman–Crippen MR) is 45.3 cm³/mol. The molecule has 2 aliphatic heterocycles. The summed E-state index contributed by atoms with van der Waals surface area (Å²) < 4.78 is 0. The van der Waals surface area contributed by atoms with E-state index in [2.05, 4.69) is 12.2 Å². The summed E-state index contributed by atoms with van der Waals surface area (Å²) in [5, 5.41) is 3.45. The Morgan fingerprint density at radius 3 is 3.09 bits per heavy atom. The highest BCUT2D eigenvalue weighted by Gasteiger charge is 2.46. The highest BCUT2D eigenvalue weighted by Crippen LogP contribution is 2.36. The zero-order valence-electron chi connectivity index (χ0n) is 6.41. The summed E-state index contributed by atoms with van der Waals surface area (Å²) in [5.41, 5.74) is 5.73. The Balaban J connectivity index is 2.19. The fraction of sp³-hybridized carbons (Fsp3) is 0.857. The van der Waals surface area contributed by atoms with Gasteiger partial charge in [0, 0.05) is 23.0 Å². The van der Waals surface area contributed by atoms with Crippen molar-refractivity contribution in [2.75, 3.05) is 5.75 Å². The quantitative estimate of drug-likeness (QED) is 0.521. The number of nitrogens with two attached hydrogens (primary N) is 1. The number of hydrogen-bond donors (Lipinski definition) is 2. The van der Waals surface area contributed by atoms with Crippen LogP contribution in [-0.2, 0) is 4.79 Å². The second-order valence-corrected chi connectivity index (χ2v) is 4.67. The highest BCUT2D eigenvalue weighted by atomic mass is 32.2. The molecule has 0 spiro atoms. The molecule has 2 rings (SSSR count). The van der Waals surface area contributed by atoms with E-state index in [0.29, 0.717) is 17.2 Å². The van der Waals surface area contributed by atoms with E-state index >= 15 is 0 Å². The van der Waals surface area contributed by atoms with Gasteiger partial charge in [0.25, 0.3) is 0 Å². The first-order valence-electron chi connectivity index (χ1n) is 3.87. The largest absolute Gasteiger partial charge is 0.351 e. The summed E-state index contributed by atoms with van der Waals surface area (Å²) in [6.45, 7) is 2.15. The number of amides is 1. The Labute approximate surface area is 70.1 Å². The Hall–Kier alpha value is -0.220. The van der Waals surface area contributed by atoms with E-state index in [4.69, 9.17) is 5.73 Å². The van der Waals surface area contributed by atoms with Gasteiger partial charge in [0.05, 0.1) is 6.04 Å². The number of rotatable bonds is 0. The molecule has 2 aliphatic rings. The second kappa shape index (κ2) is 2.38. The maximum absolute atomic E-state index is 11.1. The van der Waals surface area contributed by atoms with E-state index in [1.54, 1.807) is 0 Å². The van der Waals surface area contributed by atoms with Crippen LogP contribution in [0, 0.1) is 5.92 Å². The average molecular weight is 172 g/mol. The van der Waals surface area contributed by atoms with Crippen molar-refractivity contribution >= 4 is 17.7 Å². The molecule has 4 atom stereocenters. The normalized spacial score (nSPS) is 49.1. The Morgan fingerprint density at radius 2 is 2.45 bits per heavy atom.